The van der Waals surface area contributed by atoms with E-state index >= 15 is 0 Å². The molecule has 2 atom stereocenters. The molecule has 0 saturated heterocycles. The van der Waals surface area contributed by atoms with E-state index in [1.807, 2.05) is 0 Å². The standard InChI is InChI=1S/C33H26/c1-5-14-24(15-6-1)30-28-22-13-23-29(28)31(25-16-7-2-8-17-25)33(27-20-11-4-12-21-27)32(30)26-18-9-3-10-19-26/h1-22,28-29H,23H2. The van der Waals surface area contributed by atoms with Crippen molar-refractivity contribution >= 4 is 22.3 Å². The van der Waals surface area contributed by atoms with Crippen LogP contribution in [0.25, 0.3) is 22.3 Å². The molecule has 0 radical (unpaired) electrons. The summed E-state index contributed by atoms with van der Waals surface area (Å²) >= 11 is 0. The average Bonchev–Trinajstić information content (AvgIpc) is 3.39. The largest absolute Gasteiger partial charge is 0.0873 e. The van der Waals surface area contributed by atoms with Crippen molar-refractivity contribution in [2.75, 3.05) is 0 Å². The summed E-state index contributed by atoms with van der Waals surface area (Å²) in [5.74, 6) is 0.801. The Kier molecular flexibility index (Phi) is 5.13. The lowest BCUT2D eigenvalue weighted by Crippen LogP contribution is -2.20. The number of fused-ring (bicyclic) bond motifs is 1. The van der Waals surface area contributed by atoms with Crippen LogP contribution in [0.1, 0.15) is 28.7 Å². The quantitative estimate of drug-likeness (QED) is 0.290. The predicted octanol–water partition coefficient (Wildman–Crippen LogP) is 8.41. The van der Waals surface area contributed by atoms with Crippen molar-refractivity contribution in [3.8, 4) is 0 Å². The lowest BCUT2D eigenvalue weighted by atomic mass is 9.66. The van der Waals surface area contributed by atoms with Crippen LogP contribution in [-0.4, -0.2) is 0 Å². The molecule has 0 saturated carbocycles. The van der Waals surface area contributed by atoms with E-state index in [0.29, 0.717) is 11.8 Å². The van der Waals surface area contributed by atoms with Gasteiger partial charge in [0.2, 0.25) is 0 Å². The Morgan fingerprint density at radius 3 is 1.30 bits per heavy atom. The van der Waals surface area contributed by atoms with Crippen molar-refractivity contribution in [1.29, 1.82) is 0 Å². The summed E-state index contributed by atoms with van der Waals surface area (Å²) in [6.07, 6.45) is 5.90. The number of rotatable bonds is 4. The molecule has 0 heteroatoms. The van der Waals surface area contributed by atoms with E-state index in [9.17, 15) is 0 Å². The van der Waals surface area contributed by atoms with Gasteiger partial charge in [-0.25, -0.2) is 0 Å². The molecule has 33 heavy (non-hydrogen) atoms. The van der Waals surface area contributed by atoms with Crippen LogP contribution in [0.15, 0.2) is 133 Å². The Labute approximate surface area is 196 Å². The molecule has 2 aliphatic carbocycles. The summed E-state index contributed by atoms with van der Waals surface area (Å²) in [6.45, 7) is 0. The van der Waals surface area contributed by atoms with Crippen molar-refractivity contribution in [2.24, 2.45) is 11.8 Å². The zero-order valence-electron chi connectivity index (χ0n) is 18.6. The Balaban J connectivity index is 1.77. The van der Waals surface area contributed by atoms with Crippen LogP contribution >= 0.6 is 0 Å². The number of benzene rings is 4. The highest BCUT2D eigenvalue weighted by Gasteiger charge is 2.39. The highest BCUT2D eigenvalue weighted by Crippen LogP contribution is 2.56. The van der Waals surface area contributed by atoms with Gasteiger partial charge in [-0.1, -0.05) is 133 Å². The van der Waals surface area contributed by atoms with Crippen molar-refractivity contribution in [3.63, 3.8) is 0 Å². The minimum Gasteiger partial charge on any atom is -0.0873 e. The van der Waals surface area contributed by atoms with Crippen LogP contribution in [0.4, 0.5) is 0 Å². The van der Waals surface area contributed by atoms with Gasteiger partial charge in [-0.15, -0.1) is 0 Å². The molecule has 0 spiro atoms. The topological polar surface area (TPSA) is 0 Å². The van der Waals surface area contributed by atoms with Crippen LogP contribution in [0, 0.1) is 11.8 Å². The molecule has 0 bridgehead atoms. The molecule has 0 heterocycles. The maximum Gasteiger partial charge on any atom is 0.0102 e. The Morgan fingerprint density at radius 2 is 0.818 bits per heavy atom. The average molecular weight is 423 g/mol. The van der Waals surface area contributed by atoms with Crippen LogP contribution in [0.5, 0.6) is 0 Å². The van der Waals surface area contributed by atoms with Gasteiger partial charge in [0, 0.05) is 5.92 Å². The first-order chi connectivity index (χ1) is 16.4. The first kappa shape index (κ1) is 19.8. The van der Waals surface area contributed by atoms with E-state index in [-0.39, 0.29) is 0 Å². The monoisotopic (exact) mass is 422 g/mol. The number of allylic oxidation sites excluding steroid dienone is 6. The molecule has 158 valence electrons. The third-order valence-electron chi connectivity index (χ3n) is 6.95. The van der Waals surface area contributed by atoms with E-state index in [4.69, 9.17) is 0 Å². The fourth-order valence-electron chi connectivity index (χ4n) is 5.61. The van der Waals surface area contributed by atoms with E-state index < -0.39 is 0 Å². The van der Waals surface area contributed by atoms with Gasteiger partial charge in [0.15, 0.2) is 0 Å². The minimum absolute atomic E-state index is 0.366. The number of hydrogen-bond donors (Lipinski definition) is 0. The third kappa shape index (κ3) is 3.49. The second-order valence-electron chi connectivity index (χ2n) is 8.84. The molecule has 2 unspecified atom stereocenters. The molecule has 2 aliphatic rings. The van der Waals surface area contributed by atoms with Crippen molar-refractivity contribution in [2.45, 2.75) is 6.42 Å². The van der Waals surface area contributed by atoms with Gasteiger partial charge in [-0.05, 0) is 56.9 Å². The van der Waals surface area contributed by atoms with Crippen molar-refractivity contribution in [3.05, 3.63) is 156 Å². The van der Waals surface area contributed by atoms with Gasteiger partial charge in [0.05, 0.1) is 0 Å². The molecule has 6 rings (SSSR count). The highest BCUT2D eigenvalue weighted by molar-refractivity contribution is 6.24. The Hall–Kier alpha value is -3.90. The molecule has 0 fully saturated rings. The zero-order chi connectivity index (χ0) is 22.0. The zero-order valence-corrected chi connectivity index (χ0v) is 18.6. The van der Waals surface area contributed by atoms with Gasteiger partial charge in [0.25, 0.3) is 0 Å². The lowest BCUT2D eigenvalue weighted by Gasteiger charge is -2.36. The van der Waals surface area contributed by atoms with E-state index in [0.717, 1.165) is 6.42 Å². The van der Waals surface area contributed by atoms with E-state index in [1.54, 1.807) is 0 Å². The SMILES string of the molecule is C1=CC2C(c3ccccc3)=C(c3ccccc3)C(c3ccccc3)=C(c3ccccc3)C2C1. The fraction of sp³-hybridized carbons (Fsp3) is 0.0909. The van der Waals surface area contributed by atoms with Crippen LogP contribution < -0.4 is 0 Å². The van der Waals surface area contributed by atoms with Crippen molar-refractivity contribution < 1.29 is 0 Å². The normalized spacial score (nSPS) is 19.6. The molecule has 0 N–H and O–H groups in total. The lowest BCUT2D eigenvalue weighted by molar-refractivity contribution is 0.632. The second kappa shape index (κ2) is 8.56. The van der Waals surface area contributed by atoms with Gasteiger partial charge < -0.3 is 0 Å². The summed E-state index contributed by atoms with van der Waals surface area (Å²) in [6, 6.07) is 43.9. The van der Waals surface area contributed by atoms with Gasteiger partial charge >= 0.3 is 0 Å². The van der Waals surface area contributed by atoms with Gasteiger partial charge in [-0.3, -0.25) is 0 Å². The summed E-state index contributed by atoms with van der Waals surface area (Å²) in [7, 11) is 0. The smallest absolute Gasteiger partial charge is 0.0102 e. The minimum atomic E-state index is 0.366. The molecule has 4 aromatic carbocycles. The van der Waals surface area contributed by atoms with Crippen LogP contribution in [0.2, 0.25) is 0 Å². The molecular formula is C33H26. The molecular weight excluding hydrogens is 396 g/mol. The summed E-state index contributed by atoms with van der Waals surface area (Å²) in [5.41, 5.74) is 10.9. The van der Waals surface area contributed by atoms with E-state index in [1.165, 1.54) is 44.5 Å². The molecule has 0 aromatic heterocycles. The maximum atomic E-state index is 2.45. The first-order valence-electron chi connectivity index (χ1n) is 11.8. The highest BCUT2D eigenvalue weighted by atomic mass is 14.4. The van der Waals surface area contributed by atoms with E-state index in [2.05, 4.69) is 133 Å². The molecule has 0 amide bonds. The predicted molar refractivity (Wildman–Crippen MR) is 140 cm³/mol. The van der Waals surface area contributed by atoms with Gasteiger partial charge in [0.1, 0.15) is 0 Å². The fourth-order valence-corrected chi connectivity index (χ4v) is 5.61. The molecule has 0 aliphatic heterocycles. The van der Waals surface area contributed by atoms with Crippen molar-refractivity contribution in [1.82, 2.24) is 0 Å². The van der Waals surface area contributed by atoms with Crippen LogP contribution in [-0.2, 0) is 0 Å². The Bertz CT molecular complexity index is 1340. The third-order valence-corrected chi connectivity index (χ3v) is 6.95. The second-order valence-corrected chi connectivity index (χ2v) is 8.84. The summed E-state index contributed by atoms with van der Waals surface area (Å²) < 4.78 is 0. The summed E-state index contributed by atoms with van der Waals surface area (Å²) in [5, 5.41) is 0. The molecule has 4 aromatic rings. The van der Waals surface area contributed by atoms with Gasteiger partial charge in [-0.2, -0.15) is 0 Å². The molecule has 0 nitrogen and oxygen atoms in total. The first-order valence-corrected chi connectivity index (χ1v) is 11.8. The Morgan fingerprint density at radius 1 is 0.424 bits per heavy atom. The van der Waals surface area contributed by atoms with Crippen LogP contribution in [0.3, 0.4) is 0 Å². The number of hydrogen-bond acceptors (Lipinski definition) is 0. The summed E-state index contributed by atoms with van der Waals surface area (Å²) in [4.78, 5) is 0. The maximum absolute atomic E-state index is 2.45.